The number of hydrogen-bond acceptors (Lipinski definition) is 4. The lowest BCUT2D eigenvalue weighted by Crippen LogP contribution is -2.54. The van der Waals surface area contributed by atoms with Gasteiger partial charge in [-0.1, -0.05) is 12.1 Å². The van der Waals surface area contributed by atoms with Crippen molar-refractivity contribution in [2.45, 2.75) is 32.4 Å². The Balaban J connectivity index is 1.52. The SMILES string of the molecule is COc1ccccc1N1CCN(C(=O)NC2CC(=O)N(C(C)C)C2)CC1. The summed E-state index contributed by atoms with van der Waals surface area (Å²) in [6, 6.07) is 7.95. The van der Waals surface area contributed by atoms with Crippen LogP contribution in [0.2, 0.25) is 0 Å². The number of para-hydroxylation sites is 2. The van der Waals surface area contributed by atoms with Crippen LogP contribution in [-0.4, -0.2) is 73.7 Å². The number of hydrogen-bond donors (Lipinski definition) is 1. The molecule has 2 saturated heterocycles. The van der Waals surface area contributed by atoms with Crippen molar-refractivity contribution in [1.82, 2.24) is 15.1 Å². The largest absolute Gasteiger partial charge is 0.495 e. The van der Waals surface area contributed by atoms with E-state index in [4.69, 9.17) is 4.74 Å². The maximum absolute atomic E-state index is 12.5. The standard InChI is InChI=1S/C19H28N4O3/c1-14(2)23-13-15(12-18(23)24)20-19(25)22-10-8-21(9-11-22)16-6-4-5-7-17(16)26-3/h4-7,14-15H,8-13H2,1-3H3,(H,20,25). The fraction of sp³-hybridized carbons (Fsp3) is 0.579. The normalized spacial score (nSPS) is 20.7. The van der Waals surface area contributed by atoms with E-state index in [9.17, 15) is 9.59 Å². The van der Waals surface area contributed by atoms with Gasteiger partial charge in [-0.2, -0.15) is 0 Å². The predicted molar refractivity (Wildman–Crippen MR) is 101 cm³/mol. The van der Waals surface area contributed by atoms with Crippen molar-refractivity contribution < 1.29 is 14.3 Å². The molecule has 2 heterocycles. The second-order valence-electron chi connectivity index (χ2n) is 7.14. The number of carbonyl (C=O) groups is 2. The zero-order valence-electron chi connectivity index (χ0n) is 15.8. The van der Waals surface area contributed by atoms with Crippen molar-refractivity contribution in [3.63, 3.8) is 0 Å². The van der Waals surface area contributed by atoms with Gasteiger partial charge in [0.05, 0.1) is 18.8 Å². The molecule has 26 heavy (non-hydrogen) atoms. The molecule has 0 saturated carbocycles. The van der Waals surface area contributed by atoms with Crippen molar-refractivity contribution in [1.29, 1.82) is 0 Å². The third-order valence-electron chi connectivity index (χ3n) is 5.10. The molecule has 1 aromatic rings. The molecule has 2 fully saturated rings. The van der Waals surface area contributed by atoms with E-state index in [1.165, 1.54) is 0 Å². The molecule has 0 bridgehead atoms. The van der Waals surface area contributed by atoms with Gasteiger partial charge in [0.1, 0.15) is 5.75 Å². The molecule has 3 rings (SSSR count). The zero-order valence-corrected chi connectivity index (χ0v) is 15.8. The lowest BCUT2D eigenvalue weighted by Gasteiger charge is -2.37. The number of nitrogens with zero attached hydrogens (tertiary/aromatic N) is 3. The van der Waals surface area contributed by atoms with Crippen molar-refractivity contribution in [3.05, 3.63) is 24.3 Å². The Morgan fingerprint density at radius 3 is 2.50 bits per heavy atom. The number of benzene rings is 1. The summed E-state index contributed by atoms with van der Waals surface area (Å²) >= 11 is 0. The quantitative estimate of drug-likeness (QED) is 0.885. The summed E-state index contributed by atoms with van der Waals surface area (Å²) < 4.78 is 5.43. The third kappa shape index (κ3) is 3.86. The first kappa shape index (κ1) is 18.4. The number of urea groups is 1. The molecule has 142 valence electrons. The van der Waals surface area contributed by atoms with Crippen LogP contribution < -0.4 is 15.0 Å². The molecule has 1 N–H and O–H groups in total. The van der Waals surface area contributed by atoms with Gasteiger partial charge in [-0.25, -0.2) is 4.79 Å². The summed E-state index contributed by atoms with van der Waals surface area (Å²) in [6.07, 6.45) is 0.394. The van der Waals surface area contributed by atoms with Gasteiger partial charge in [0.2, 0.25) is 5.91 Å². The predicted octanol–water partition coefficient (Wildman–Crippen LogP) is 1.54. The van der Waals surface area contributed by atoms with Gasteiger partial charge in [0.25, 0.3) is 0 Å². The zero-order chi connectivity index (χ0) is 18.7. The van der Waals surface area contributed by atoms with Gasteiger partial charge in [-0.3, -0.25) is 4.79 Å². The number of methoxy groups -OCH3 is 1. The minimum atomic E-state index is -0.0929. The molecular formula is C19H28N4O3. The maximum atomic E-state index is 12.5. The smallest absolute Gasteiger partial charge is 0.317 e. The van der Waals surface area contributed by atoms with Crippen LogP contribution in [0.5, 0.6) is 5.75 Å². The van der Waals surface area contributed by atoms with Gasteiger partial charge >= 0.3 is 6.03 Å². The number of carbonyl (C=O) groups excluding carboxylic acids is 2. The average molecular weight is 360 g/mol. The van der Waals surface area contributed by atoms with E-state index in [0.29, 0.717) is 26.1 Å². The monoisotopic (exact) mass is 360 g/mol. The molecule has 3 amide bonds. The van der Waals surface area contributed by atoms with E-state index in [-0.39, 0.29) is 24.0 Å². The molecule has 7 heteroatoms. The topological polar surface area (TPSA) is 65.1 Å². The summed E-state index contributed by atoms with van der Waals surface area (Å²) in [5, 5.41) is 3.02. The minimum Gasteiger partial charge on any atom is -0.495 e. The highest BCUT2D eigenvalue weighted by molar-refractivity contribution is 5.82. The highest BCUT2D eigenvalue weighted by Gasteiger charge is 2.33. The molecule has 1 aromatic carbocycles. The van der Waals surface area contributed by atoms with Gasteiger partial charge in [-0.05, 0) is 26.0 Å². The molecule has 0 spiro atoms. The molecule has 0 aliphatic carbocycles. The number of anilines is 1. The number of rotatable bonds is 4. The highest BCUT2D eigenvalue weighted by Crippen LogP contribution is 2.28. The summed E-state index contributed by atoms with van der Waals surface area (Å²) in [6.45, 7) is 7.42. The van der Waals surface area contributed by atoms with Gasteiger partial charge < -0.3 is 24.8 Å². The summed E-state index contributed by atoms with van der Waals surface area (Å²) in [7, 11) is 1.67. The van der Waals surface area contributed by atoms with Gasteiger partial charge in [0.15, 0.2) is 0 Å². The van der Waals surface area contributed by atoms with Crippen LogP contribution in [0, 0.1) is 0 Å². The molecule has 2 aliphatic rings. The molecule has 1 atom stereocenters. The second-order valence-corrected chi connectivity index (χ2v) is 7.14. The molecule has 7 nitrogen and oxygen atoms in total. The maximum Gasteiger partial charge on any atom is 0.317 e. The van der Waals surface area contributed by atoms with Crippen LogP contribution in [0.4, 0.5) is 10.5 Å². The van der Waals surface area contributed by atoms with E-state index in [1.807, 2.05) is 47.9 Å². The van der Waals surface area contributed by atoms with Crippen LogP contribution in [0.3, 0.4) is 0 Å². The van der Waals surface area contributed by atoms with E-state index >= 15 is 0 Å². The Morgan fingerprint density at radius 1 is 1.19 bits per heavy atom. The number of nitrogens with one attached hydrogen (secondary N) is 1. The summed E-state index contributed by atoms with van der Waals surface area (Å²) in [5.41, 5.74) is 1.06. The van der Waals surface area contributed by atoms with Crippen LogP contribution >= 0.6 is 0 Å². The molecule has 2 aliphatic heterocycles. The Hall–Kier alpha value is -2.44. The first-order chi connectivity index (χ1) is 12.5. The van der Waals surface area contributed by atoms with Crippen molar-refractivity contribution >= 4 is 17.6 Å². The Morgan fingerprint density at radius 2 is 1.88 bits per heavy atom. The molecule has 1 unspecified atom stereocenters. The van der Waals surface area contributed by atoms with Gasteiger partial charge in [0, 0.05) is 45.2 Å². The van der Waals surface area contributed by atoms with Gasteiger partial charge in [-0.15, -0.1) is 0 Å². The first-order valence-electron chi connectivity index (χ1n) is 9.22. The number of likely N-dealkylation sites (tertiary alicyclic amines) is 1. The lowest BCUT2D eigenvalue weighted by molar-refractivity contribution is -0.129. The Kier molecular flexibility index (Phi) is 5.54. The van der Waals surface area contributed by atoms with Crippen molar-refractivity contribution in [3.8, 4) is 5.75 Å². The number of amides is 3. The van der Waals surface area contributed by atoms with E-state index < -0.39 is 0 Å². The van der Waals surface area contributed by atoms with E-state index in [2.05, 4.69) is 10.2 Å². The molecule has 0 aromatic heterocycles. The van der Waals surface area contributed by atoms with Crippen LogP contribution in [0.25, 0.3) is 0 Å². The summed E-state index contributed by atoms with van der Waals surface area (Å²) in [4.78, 5) is 30.4. The minimum absolute atomic E-state index is 0.0758. The lowest BCUT2D eigenvalue weighted by atomic mass is 10.2. The fourth-order valence-corrected chi connectivity index (χ4v) is 3.63. The average Bonchev–Trinajstić information content (AvgIpc) is 3.02. The second kappa shape index (κ2) is 7.85. The van der Waals surface area contributed by atoms with E-state index in [0.717, 1.165) is 24.5 Å². The fourth-order valence-electron chi connectivity index (χ4n) is 3.63. The highest BCUT2D eigenvalue weighted by atomic mass is 16.5. The van der Waals surface area contributed by atoms with Crippen molar-refractivity contribution in [2.24, 2.45) is 0 Å². The van der Waals surface area contributed by atoms with Crippen LogP contribution in [0.15, 0.2) is 24.3 Å². The van der Waals surface area contributed by atoms with Crippen LogP contribution in [-0.2, 0) is 4.79 Å². The third-order valence-corrected chi connectivity index (χ3v) is 5.10. The van der Waals surface area contributed by atoms with E-state index in [1.54, 1.807) is 7.11 Å². The first-order valence-corrected chi connectivity index (χ1v) is 9.22. The summed E-state index contributed by atoms with van der Waals surface area (Å²) in [5.74, 6) is 0.968. The Labute approximate surface area is 154 Å². The molecule has 0 radical (unpaired) electrons. The van der Waals surface area contributed by atoms with Crippen LogP contribution in [0.1, 0.15) is 20.3 Å². The number of piperazine rings is 1. The van der Waals surface area contributed by atoms with Crippen molar-refractivity contribution in [2.75, 3.05) is 44.7 Å². The Bertz CT molecular complexity index is 656. The number of ether oxygens (including phenoxy) is 1. The molecular weight excluding hydrogens is 332 g/mol.